The Morgan fingerprint density at radius 3 is 2.39 bits per heavy atom. The summed E-state index contributed by atoms with van der Waals surface area (Å²) < 4.78 is 0. The lowest BCUT2D eigenvalue weighted by molar-refractivity contribution is -0.118. The van der Waals surface area contributed by atoms with Gasteiger partial charge in [-0.05, 0) is 48.6 Å². The van der Waals surface area contributed by atoms with E-state index in [1.807, 2.05) is 67.5 Å². The molecule has 0 bridgehead atoms. The van der Waals surface area contributed by atoms with E-state index in [-0.39, 0.29) is 11.8 Å². The second-order valence-corrected chi connectivity index (χ2v) is 9.35. The van der Waals surface area contributed by atoms with Crippen molar-refractivity contribution in [2.24, 2.45) is 5.92 Å². The maximum atomic E-state index is 12.8. The first-order valence-electron chi connectivity index (χ1n) is 11.1. The Bertz CT molecular complexity index is 861. The second kappa shape index (κ2) is 11.8. The van der Waals surface area contributed by atoms with Crippen molar-refractivity contribution < 1.29 is 9.59 Å². The van der Waals surface area contributed by atoms with Crippen molar-refractivity contribution in [1.29, 1.82) is 0 Å². The quantitative estimate of drug-likeness (QED) is 0.566. The molecule has 0 radical (unpaired) electrons. The van der Waals surface area contributed by atoms with Gasteiger partial charge in [-0.25, -0.2) is 0 Å². The molecular weight excluding hydrogens is 406 g/mol. The predicted octanol–water partition coefficient (Wildman–Crippen LogP) is 4.47. The molecule has 6 heteroatoms. The number of rotatable bonds is 9. The fourth-order valence-corrected chi connectivity index (χ4v) is 4.69. The van der Waals surface area contributed by atoms with E-state index in [0.717, 1.165) is 22.7 Å². The van der Waals surface area contributed by atoms with Crippen LogP contribution in [0.2, 0.25) is 0 Å². The first kappa shape index (κ1) is 23.2. The molecule has 1 aliphatic rings. The molecule has 0 aromatic heterocycles. The SMILES string of the molecule is CN(C)c1ccc(CNC(=O)c2ccccc2SCC(=O)NCC2CCCCC2)cc1. The zero-order chi connectivity index (χ0) is 22.1. The highest BCUT2D eigenvalue weighted by Gasteiger charge is 2.16. The molecule has 0 spiro atoms. The number of hydrogen-bond donors (Lipinski definition) is 2. The lowest BCUT2D eigenvalue weighted by atomic mass is 9.89. The average Bonchev–Trinajstić information content (AvgIpc) is 2.81. The molecule has 2 aromatic carbocycles. The van der Waals surface area contributed by atoms with E-state index in [9.17, 15) is 9.59 Å². The molecule has 1 aliphatic carbocycles. The smallest absolute Gasteiger partial charge is 0.252 e. The van der Waals surface area contributed by atoms with E-state index in [0.29, 0.717) is 23.8 Å². The number of nitrogens with one attached hydrogen (secondary N) is 2. The van der Waals surface area contributed by atoms with Crippen molar-refractivity contribution in [3.05, 3.63) is 59.7 Å². The largest absolute Gasteiger partial charge is 0.378 e. The average molecular weight is 440 g/mol. The molecule has 0 unspecified atom stereocenters. The Labute approximate surface area is 190 Å². The number of carbonyl (C=O) groups is 2. The van der Waals surface area contributed by atoms with Crippen LogP contribution in [-0.2, 0) is 11.3 Å². The number of anilines is 1. The van der Waals surface area contributed by atoms with Crippen LogP contribution in [-0.4, -0.2) is 38.2 Å². The van der Waals surface area contributed by atoms with Crippen LogP contribution < -0.4 is 15.5 Å². The molecule has 0 atom stereocenters. The lowest BCUT2D eigenvalue weighted by Crippen LogP contribution is -2.31. The predicted molar refractivity (Wildman–Crippen MR) is 129 cm³/mol. The summed E-state index contributed by atoms with van der Waals surface area (Å²) in [4.78, 5) is 27.9. The van der Waals surface area contributed by atoms with Gasteiger partial charge >= 0.3 is 0 Å². The van der Waals surface area contributed by atoms with E-state index < -0.39 is 0 Å². The maximum Gasteiger partial charge on any atom is 0.252 e. The van der Waals surface area contributed by atoms with Gasteiger partial charge in [-0.1, -0.05) is 43.5 Å². The summed E-state index contributed by atoms with van der Waals surface area (Å²) in [5.74, 6) is 0.852. The normalized spacial score (nSPS) is 14.1. The third-order valence-corrected chi connectivity index (χ3v) is 6.78. The van der Waals surface area contributed by atoms with Gasteiger partial charge in [-0.2, -0.15) is 0 Å². The molecular formula is C25H33N3O2S. The fraction of sp³-hybridized carbons (Fsp3) is 0.440. The molecule has 2 aromatic rings. The molecule has 1 saturated carbocycles. The Morgan fingerprint density at radius 1 is 0.968 bits per heavy atom. The highest BCUT2D eigenvalue weighted by Crippen LogP contribution is 2.24. The molecule has 0 aliphatic heterocycles. The van der Waals surface area contributed by atoms with Gasteiger partial charge in [-0.3, -0.25) is 9.59 Å². The van der Waals surface area contributed by atoms with E-state index in [1.54, 1.807) is 0 Å². The van der Waals surface area contributed by atoms with Crippen molar-refractivity contribution in [3.8, 4) is 0 Å². The molecule has 166 valence electrons. The van der Waals surface area contributed by atoms with Crippen molar-refractivity contribution in [2.45, 2.75) is 43.5 Å². The van der Waals surface area contributed by atoms with Crippen molar-refractivity contribution in [1.82, 2.24) is 10.6 Å². The van der Waals surface area contributed by atoms with Gasteiger partial charge in [0, 0.05) is 37.8 Å². The van der Waals surface area contributed by atoms with E-state index >= 15 is 0 Å². The Hall–Kier alpha value is -2.47. The first-order chi connectivity index (χ1) is 15.0. The molecule has 5 nitrogen and oxygen atoms in total. The van der Waals surface area contributed by atoms with Gasteiger partial charge in [0.25, 0.3) is 5.91 Å². The highest BCUT2D eigenvalue weighted by atomic mass is 32.2. The number of thioether (sulfide) groups is 1. The zero-order valence-electron chi connectivity index (χ0n) is 18.5. The van der Waals surface area contributed by atoms with Gasteiger partial charge < -0.3 is 15.5 Å². The van der Waals surface area contributed by atoms with Crippen molar-refractivity contribution >= 4 is 29.3 Å². The van der Waals surface area contributed by atoms with Gasteiger partial charge in [-0.15, -0.1) is 11.8 Å². The number of hydrogen-bond acceptors (Lipinski definition) is 4. The molecule has 31 heavy (non-hydrogen) atoms. The molecule has 0 heterocycles. The van der Waals surface area contributed by atoms with Gasteiger partial charge in [0.2, 0.25) is 5.91 Å². The van der Waals surface area contributed by atoms with Gasteiger partial charge in [0.15, 0.2) is 0 Å². The van der Waals surface area contributed by atoms with Crippen LogP contribution in [0.25, 0.3) is 0 Å². The summed E-state index contributed by atoms with van der Waals surface area (Å²) in [5, 5.41) is 6.06. The monoisotopic (exact) mass is 439 g/mol. The van der Waals surface area contributed by atoms with E-state index in [4.69, 9.17) is 0 Å². The molecule has 1 fully saturated rings. The van der Waals surface area contributed by atoms with Crippen LogP contribution in [0.3, 0.4) is 0 Å². The summed E-state index contributed by atoms with van der Waals surface area (Å²) in [6.07, 6.45) is 6.30. The minimum Gasteiger partial charge on any atom is -0.378 e. The summed E-state index contributed by atoms with van der Waals surface area (Å²) in [5.41, 5.74) is 2.78. The molecule has 3 rings (SSSR count). The van der Waals surface area contributed by atoms with Crippen LogP contribution in [0.1, 0.15) is 48.0 Å². The van der Waals surface area contributed by atoms with Crippen LogP contribution >= 0.6 is 11.8 Å². The van der Waals surface area contributed by atoms with Gasteiger partial charge in [0.05, 0.1) is 11.3 Å². The van der Waals surface area contributed by atoms with Crippen molar-refractivity contribution in [3.63, 3.8) is 0 Å². The molecule has 2 amide bonds. The van der Waals surface area contributed by atoms with Gasteiger partial charge in [0.1, 0.15) is 0 Å². The lowest BCUT2D eigenvalue weighted by Gasteiger charge is -2.21. The standard InChI is InChI=1S/C25H33N3O2S/c1-28(2)21-14-12-20(13-15-21)17-27-25(30)22-10-6-7-11-23(22)31-18-24(29)26-16-19-8-4-3-5-9-19/h6-7,10-15,19H,3-5,8-9,16-18H2,1-2H3,(H,26,29)(H,27,30). The first-order valence-corrected chi connectivity index (χ1v) is 12.0. The number of nitrogens with zero attached hydrogens (tertiary/aromatic N) is 1. The maximum absolute atomic E-state index is 12.8. The van der Waals surface area contributed by atoms with E-state index in [2.05, 4.69) is 10.6 Å². The molecule has 0 saturated heterocycles. The Kier molecular flexibility index (Phi) is 8.83. The number of amides is 2. The third kappa shape index (κ3) is 7.31. The Morgan fingerprint density at radius 2 is 1.68 bits per heavy atom. The summed E-state index contributed by atoms with van der Waals surface area (Å²) >= 11 is 1.42. The van der Waals surface area contributed by atoms with Crippen molar-refractivity contribution in [2.75, 3.05) is 31.3 Å². The number of carbonyl (C=O) groups excluding carboxylic acids is 2. The zero-order valence-corrected chi connectivity index (χ0v) is 19.3. The second-order valence-electron chi connectivity index (χ2n) is 8.34. The third-order valence-electron chi connectivity index (χ3n) is 5.71. The minimum atomic E-state index is -0.123. The Balaban J connectivity index is 1.49. The van der Waals surface area contributed by atoms with Crippen LogP contribution in [0.5, 0.6) is 0 Å². The minimum absolute atomic E-state index is 0.0340. The summed E-state index contributed by atoms with van der Waals surface area (Å²) in [6.45, 7) is 1.24. The van der Waals surface area contributed by atoms with Crippen LogP contribution in [0.4, 0.5) is 5.69 Å². The van der Waals surface area contributed by atoms with E-state index in [1.165, 1.54) is 43.9 Å². The van der Waals surface area contributed by atoms with Crippen LogP contribution in [0, 0.1) is 5.92 Å². The molecule has 2 N–H and O–H groups in total. The highest BCUT2D eigenvalue weighted by molar-refractivity contribution is 8.00. The topological polar surface area (TPSA) is 61.4 Å². The summed E-state index contributed by atoms with van der Waals surface area (Å²) in [7, 11) is 4.00. The van der Waals surface area contributed by atoms with Crippen LogP contribution in [0.15, 0.2) is 53.4 Å². The fourth-order valence-electron chi connectivity index (χ4n) is 3.81. The summed E-state index contributed by atoms with van der Waals surface area (Å²) in [6, 6.07) is 15.6. The number of benzene rings is 2.